The third-order valence-corrected chi connectivity index (χ3v) is 4.32. The molecule has 0 saturated heterocycles. The summed E-state index contributed by atoms with van der Waals surface area (Å²) in [5, 5.41) is 11.8. The van der Waals surface area contributed by atoms with Gasteiger partial charge in [0.2, 0.25) is 11.8 Å². The SMILES string of the molecule is COc1ccccc1N[C@@H](c1ccc(F)cc1)c1nnc(-c2ccccc2)o1. The lowest BCUT2D eigenvalue weighted by molar-refractivity contribution is 0.415. The van der Waals surface area contributed by atoms with E-state index in [4.69, 9.17) is 9.15 Å². The van der Waals surface area contributed by atoms with Crippen LogP contribution in [0.2, 0.25) is 0 Å². The second-order valence-corrected chi connectivity index (χ2v) is 6.14. The molecule has 0 radical (unpaired) electrons. The lowest BCUT2D eigenvalue weighted by Gasteiger charge is -2.19. The minimum absolute atomic E-state index is 0.310. The number of hydrogen-bond acceptors (Lipinski definition) is 5. The van der Waals surface area contributed by atoms with E-state index in [0.717, 1.165) is 16.8 Å². The highest BCUT2D eigenvalue weighted by atomic mass is 19.1. The zero-order chi connectivity index (χ0) is 19.3. The molecule has 28 heavy (non-hydrogen) atoms. The van der Waals surface area contributed by atoms with Crippen molar-refractivity contribution in [2.45, 2.75) is 6.04 Å². The summed E-state index contributed by atoms with van der Waals surface area (Å²) in [6.45, 7) is 0. The third-order valence-electron chi connectivity index (χ3n) is 4.32. The Balaban J connectivity index is 1.73. The zero-order valence-corrected chi connectivity index (χ0v) is 15.2. The lowest BCUT2D eigenvalue weighted by Crippen LogP contribution is -2.13. The summed E-state index contributed by atoms with van der Waals surface area (Å²) in [6, 6.07) is 22.8. The van der Waals surface area contributed by atoms with Gasteiger partial charge in [-0.1, -0.05) is 42.5 Å². The van der Waals surface area contributed by atoms with Gasteiger partial charge in [-0.2, -0.15) is 0 Å². The van der Waals surface area contributed by atoms with Gasteiger partial charge in [-0.3, -0.25) is 0 Å². The van der Waals surface area contributed by atoms with Crippen molar-refractivity contribution in [3.05, 3.63) is 96.1 Å². The third kappa shape index (κ3) is 3.71. The smallest absolute Gasteiger partial charge is 0.247 e. The molecular weight excluding hydrogens is 357 g/mol. The summed E-state index contributed by atoms with van der Waals surface area (Å²) in [5.41, 5.74) is 2.38. The van der Waals surface area contributed by atoms with Gasteiger partial charge in [-0.25, -0.2) is 4.39 Å². The fourth-order valence-corrected chi connectivity index (χ4v) is 2.91. The predicted molar refractivity (Wildman–Crippen MR) is 105 cm³/mol. The molecule has 6 heteroatoms. The molecule has 1 N–H and O–H groups in total. The predicted octanol–water partition coefficient (Wildman–Crippen LogP) is 5.09. The van der Waals surface area contributed by atoms with E-state index in [1.165, 1.54) is 12.1 Å². The van der Waals surface area contributed by atoms with Crippen LogP contribution >= 0.6 is 0 Å². The van der Waals surface area contributed by atoms with E-state index < -0.39 is 6.04 Å². The Labute approximate surface area is 161 Å². The van der Waals surface area contributed by atoms with Crippen molar-refractivity contribution < 1.29 is 13.5 Å². The molecule has 4 rings (SSSR count). The van der Waals surface area contributed by atoms with Crippen LogP contribution in [-0.2, 0) is 0 Å². The standard InChI is InChI=1S/C22H18FN3O2/c1-27-19-10-6-5-9-18(19)24-20(15-11-13-17(23)14-12-15)22-26-25-21(28-22)16-7-3-2-4-8-16/h2-14,20,24H,1H3/t20-/m0/s1. The maximum atomic E-state index is 13.4. The lowest BCUT2D eigenvalue weighted by atomic mass is 10.1. The van der Waals surface area contributed by atoms with Gasteiger partial charge in [0.15, 0.2) is 0 Å². The average Bonchev–Trinajstić information content (AvgIpc) is 3.24. The molecule has 5 nitrogen and oxygen atoms in total. The van der Waals surface area contributed by atoms with Crippen molar-refractivity contribution in [3.63, 3.8) is 0 Å². The Kier molecular flexibility index (Phi) is 5.01. The highest BCUT2D eigenvalue weighted by molar-refractivity contribution is 5.58. The van der Waals surface area contributed by atoms with E-state index in [1.54, 1.807) is 19.2 Å². The molecule has 0 saturated carbocycles. The summed E-state index contributed by atoms with van der Waals surface area (Å²) >= 11 is 0. The van der Waals surface area contributed by atoms with Gasteiger partial charge in [-0.15, -0.1) is 10.2 Å². The molecule has 0 aliphatic rings. The quantitative estimate of drug-likeness (QED) is 0.509. The normalized spacial score (nSPS) is 11.8. The van der Waals surface area contributed by atoms with Crippen LogP contribution in [0, 0.1) is 5.82 Å². The highest BCUT2D eigenvalue weighted by Crippen LogP contribution is 2.32. The van der Waals surface area contributed by atoms with Crippen LogP contribution in [0.3, 0.4) is 0 Å². The second-order valence-electron chi connectivity index (χ2n) is 6.14. The van der Waals surface area contributed by atoms with E-state index in [2.05, 4.69) is 15.5 Å². The molecule has 1 atom stereocenters. The van der Waals surface area contributed by atoms with Crippen LogP contribution in [0.1, 0.15) is 17.5 Å². The van der Waals surface area contributed by atoms with Gasteiger partial charge in [0, 0.05) is 5.56 Å². The van der Waals surface area contributed by atoms with Crippen molar-refractivity contribution in [3.8, 4) is 17.2 Å². The van der Waals surface area contributed by atoms with Gasteiger partial charge in [0.05, 0.1) is 12.8 Å². The summed E-state index contributed by atoms with van der Waals surface area (Å²) in [4.78, 5) is 0. The number of para-hydroxylation sites is 2. The summed E-state index contributed by atoms with van der Waals surface area (Å²) in [6.07, 6.45) is 0. The van der Waals surface area contributed by atoms with E-state index in [0.29, 0.717) is 17.5 Å². The van der Waals surface area contributed by atoms with Crippen LogP contribution < -0.4 is 10.1 Å². The fourth-order valence-electron chi connectivity index (χ4n) is 2.91. The van der Waals surface area contributed by atoms with Gasteiger partial charge in [0.1, 0.15) is 17.6 Å². The largest absolute Gasteiger partial charge is 0.495 e. The van der Waals surface area contributed by atoms with E-state index >= 15 is 0 Å². The first-order valence-electron chi connectivity index (χ1n) is 8.78. The first-order chi connectivity index (χ1) is 13.7. The van der Waals surface area contributed by atoms with E-state index in [9.17, 15) is 4.39 Å². The number of anilines is 1. The van der Waals surface area contributed by atoms with Crippen LogP contribution in [0.25, 0.3) is 11.5 Å². The van der Waals surface area contributed by atoms with Crippen LogP contribution in [0.4, 0.5) is 10.1 Å². The Bertz CT molecular complexity index is 1050. The Hall–Kier alpha value is -3.67. The molecular formula is C22H18FN3O2. The summed E-state index contributed by atoms with van der Waals surface area (Å²) in [5.74, 6) is 1.16. The molecule has 1 aromatic heterocycles. The first-order valence-corrected chi connectivity index (χ1v) is 8.78. The molecule has 0 unspecified atom stereocenters. The maximum absolute atomic E-state index is 13.4. The number of halogens is 1. The molecule has 0 aliphatic heterocycles. The number of ether oxygens (including phenoxy) is 1. The number of nitrogens with zero attached hydrogens (tertiary/aromatic N) is 2. The number of benzene rings is 3. The van der Waals surface area contributed by atoms with Crippen LogP contribution in [0.15, 0.2) is 83.3 Å². The molecule has 0 bridgehead atoms. The van der Waals surface area contributed by atoms with Crippen LogP contribution in [-0.4, -0.2) is 17.3 Å². The minimum Gasteiger partial charge on any atom is -0.495 e. The van der Waals surface area contributed by atoms with Gasteiger partial charge >= 0.3 is 0 Å². The Morgan fingerprint density at radius 2 is 1.61 bits per heavy atom. The van der Waals surface area contributed by atoms with Gasteiger partial charge in [0.25, 0.3) is 0 Å². The number of aromatic nitrogens is 2. The topological polar surface area (TPSA) is 60.2 Å². The molecule has 140 valence electrons. The Morgan fingerprint density at radius 1 is 0.893 bits per heavy atom. The number of nitrogens with one attached hydrogen (secondary N) is 1. The van der Waals surface area contributed by atoms with Gasteiger partial charge in [-0.05, 0) is 42.0 Å². The van der Waals surface area contributed by atoms with Crippen molar-refractivity contribution in [2.75, 3.05) is 12.4 Å². The van der Waals surface area contributed by atoms with E-state index in [1.807, 2.05) is 54.6 Å². The van der Waals surface area contributed by atoms with Crippen LogP contribution in [0.5, 0.6) is 5.75 Å². The molecule has 0 fully saturated rings. The van der Waals surface area contributed by atoms with Crippen molar-refractivity contribution in [2.24, 2.45) is 0 Å². The molecule has 0 spiro atoms. The van der Waals surface area contributed by atoms with Gasteiger partial charge < -0.3 is 14.5 Å². The van der Waals surface area contributed by atoms with Crippen molar-refractivity contribution in [1.29, 1.82) is 0 Å². The zero-order valence-electron chi connectivity index (χ0n) is 15.2. The van der Waals surface area contributed by atoms with Crippen molar-refractivity contribution in [1.82, 2.24) is 10.2 Å². The minimum atomic E-state index is -0.470. The summed E-state index contributed by atoms with van der Waals surface area (Å²) < 4.78 is 24.8. The first kappa shape index (κ1) is 17.7. The Morgan fingerprint density at radius 3 is 2.36 bits per heavy atom. The number of methoxy groups -OCH3 is 1. The average molecular weight is 375 g/mol. The monoisotopic (exact) mass is 375 g/mol. The molecule has 3 aromatic carbocycles. The second kappa shape index (κ2) is 7.92. The number of rotatable bonds is 6. The molecule has 4 aromatic rings. The maximum Gasteiger partial charge on any atom is 0.247 e. The van der Waals surface area contributed by atoms with E-state index in [-0.39, 0.29) is 5.82 Å². The highest BCUT2D eigenvalue weighted by Gasteiger charge is 2.22. The number of hydrogen-bond donors (Lipinski definition) is 1. The summed E-state index contributed by atoms with van der Waals surface area (Å²) in [7, 11) is 1.60. The molecule has 0 amide bonds. The van der Waals surface area contributed by atoms with Crippen molar-refractivity contribution >= 4 is 5.69 Å². The molecule has 1 heterocycles. The fraction of sp³-hybridized carbons (Fsp3) is 0.0909. The molecule has 0 aliphatic carbocycles.